The van der Waals surface area contributed by atoms with E-state index in [1.165, 1.54) is 6.20 Å². The first-order valence-electron chi connectivity index (χ1n) is 5.18. The largest absolute Gasteiger partial charge is 0.352 e. The maximum absolute atomic E-state index is 11.6. The highest BCUT2D eigenvalue weighted by atomic mass is 79.9. The second-order valence-electron chi connectivity index (χ2n) is 3.77. The van der Waals surface area contributed by atoms with Gasteiger partial charge >= 0.3 is 0 Å². The van der Waals surface area contributed by atoms with Crippen LogP contribution in [0.5, 0.6) is 0 Å². The van der Waals surface area contributed by atoms with Gasteiger partial charge in [-0.1, -0.05) is 0 Å². The fourth-order valence-corrected chi connectivity index (χ4v) is 1.54. The third-order valence-corrected chi connectivity index (χ3v) is 2.28. The second kappa shape index (κ2) is 6.34. The number of halogens is 1. The normalized spacial score (nSPS) is 10.1. The smallest absolute Gasteiger partial charge is 0.251 e. The molecule has 1 rings (SSSR count). The molecule has 0 aliphatic carbocycles. The third kappa shape index (κ3) is 4.95. The molecular weight excluding hydrogens is 286 g/mol. The van der Waals surface area contributed by atoms with Gasteiger partial charge in [0, 0.05) is 17.8 Å². The third-order valence-electron chi connectivity index (χ3n) is 1.85. The molecule has 0 fully saturated rings. The van der Waals surface area contributed by atoms with Crippen LogP contribution in [0.2, 0.25) is 0 Å². The van der Waals surface area contributed by atoms with Crippen LogP contribution in [0.15, 0.2) is 22.9 Å². The predicted octanol–water partition coefficient (Wildman–Crippen LogP) is 1.10. The van der Waals surface area contributed by atoms with Crippen LogP contribution in [0, 0.1) is 0 Å². The van der Waals surface area contributed by atoms with Crippen LogP contribution in [0.3, 0.4) is 0 Å². The van der Waals surface area contributed by atoms with Gasteiger partial charge in [-0.25, -0.2) is 4.98 Å². The molecular formula is C11H14BrN3O2. The Morgan fingerprint density at radius 3 is 2.76 bits per heavy atom. The van der Waals surface area contributed by atoms with Crippen LogP contribution >= 0.6 is 15.9 Å². The summed E-state index contributed by atoms with van der Waals surface area (Å²) < 4.78 is 0.580. The lowest BCUT2D eigenvalue weighted by molar-refractivity contribution is -0.120. The Hall–Kier alpha value is -1.43. The van der Waals surface area contributed by atoms with Crippen LogP contribution in [0.25, 0.3) is 0 Å². The lowest BCUT2D eigenvalue weighted by atomic mass is 10.2. The zero-order valence-electron chi connectivity index (χ0n) is 9.66. The number of rotatable bonds is 4. The lowest BCUT2D eigenvalue weighted by Crippen LogP contribution is -2.39. The predicted molar refractivity (Wildman–Crippen MR) is 67.5 cm³/mol. The number of aromatic nitrogens is 1. The van der Waals surface area contributed by atoms with E-state index < -0.39 is 0 Å². The molecule has 2 N–H and O–H groups in total. The van der Waals surface area contributed by atoms with E-state index in [-0.39, 0.29) is 24.4 Å². The topological polar surface area (TPSA) is 71.1 Å². The second-order valence-corrected chi connectivity index (χ2v) is 4.58. The highest BCUT2D eigenvalue weighted by Crippen LogP contribution is 2.07. The van der Waals surface area contributed by atoms with Crippen molar-refractivity contribution in [1.82, 2.24) is 15.6 Å². The van der Waals surface area contributed by atoms with E-state index in [4.69, 9.17) is 0 Å². The standard InChI is InChI=1S/C11H14BrN3O2/c1-7(2)15-10(16)6-14-11(17)8-3-4-13-9(12)5-8/h3-5,7H,6H2,1-2H3,(H,14,17)(H,15,16). The minimum absolute atomic E-state index is 0.0308. The quantitative estimate of drug-likeness (QED) is 0.818. The van der Waals surface area contributed by atoms with Crippen molar-refractivity contribution in [2.75, 3.05) is 6.54 Å². The molecule has 0 spiro atoms. The molecule has 0 radical (unpaired) electrons. The molecule has 0 saturated carbocycles. The van der Waals surface area contributed by atoms with Crippen LogP contribution in [-0.2, 0) is 4.79 Å². The molecule has 0 atom stereocenters. The molecule has 0 aliphatic rings. The average molecular weight is 300 g/mol. The zero-order valence-corrected chi connectivity index (χ0v) is 11.2. The Morgan fingerprint density at radius 2 is 2.18 bits per heavy atom. The summed E-state index contributed by atoms with van der Waals surface area (Å²) in [4.78, 5) is 26.9. The van der Waals surface area contributed by atoms with Crippen molar-refractivity contribution in [3.8, 4) is 0 Å². The number of hydrogen-bond acceptors (Lipinski definition) is 3. The highest BCUT2D eigenvalue weighted by molar-refractivity contribution is 9.10. The van der Waals surface area contributed by atoms with Gasteiger partial charge in [0.15, 0.2) is 0 Å². The molecule has 0 aromatic carbocycles. The Kier molecular flexibility index (Phi) is 5.09. The summed E-state index contributed by atoms with van der Waals surface area (Å²) in [6.45, 7) is 3.69. The van der Waals surface area contributed by atoms with Gasteiger partial charge in [-0.05, 0) is 41.9 Å². The van der Waals surface area contributed by atoms with E-state index in [0.29, 0.717) is 10.2 Å². The highest BCUT2D eigenvalue weighted by Gasteiger charge is 2.08. The van der Waals surface area contributed by atoms with E-state index >= 15 is 0 Å². The molecule has 92 valence electrons. The lowest BCUT2D eigenvalue weighted by Gasteiger charge is -2.09. The van der Waals surface area contributed by atoms with Gasteiger partial charge in [0.2, 0.25) is 5.91 Å². The van der Waals surface area contributed by atoms with Gasteiger partial charge in [0.25, 0.3) is 5.91 Å². The first-order valence-corrected chi connectivity index (χ1v) is 5.97. The average Bonchev–Trinajstić information content (AvgIpc) is 2.25. The first kappa shape index (κ1) is 13.6. The van der Waals surface area contributed by atoms with Crippen LogP contribution in [0.1, 0.15) is 24.2 Å². The maximum Gasteiger partial charge on any atom is 0.251 e. The molecule has 0 aliphatic heterocycles. The van der Waals surface area contributed by atoms with Gasteiger partial charge in [0.05, 0.1) is 6.54 Å². The number of amides is 2. The molecule has 2 amide bonds. The number of nitrogens with one attached hydrogen (secondary N) is 2. The first-order chi connectivity index (χ1) is 7.99. The molecule has 5 nitrogen and oxygen atoms in total. The minimum Gasteiger partial charge on any atom is -0.352 e. The molecule has 17 heavy (non-hydrogen) atoms. The minimum atomic E-state index is -0.299. The Morgan fingerprint density at radius 1 is 1.47 bits per heavy atom. The number of hydrogen-bond donors (Lipinski definition) is 2. The van der Waals surface area contributed by atoms with Gasteiger partial charge in [-0.2, -0.15) is 0 Å². The Balaban J connectivity index is 2.48. The van der Waals surface area contributed by atoms with Crippen molar-refractivity contribution in [1.29, 1.82) is 0 Å². The number of nitrogens with zero attached hydrogens (tertiary/aromatic N) is 1. The van der Waals surface area contributed by atoms with Crippen molar-refractivity contribution in [3.05, 3.63) is 28.5 Å². The summed E-state index contributed by atoms with van der Waals surface area (Å²) in [6, 6.07) is 3.24. The monoisotopic (exact) mass is 299 g/mol. The van der Waals surface area contributed by atoms with Crippen molar-refractivity contribution in [3.63, 3.8) is 0 Å². The summed E-state index contributed by atoms with van der Waals surface area (Å²) in [5, 5.41) is 5.22. The maximum atomic E-state index is 11.6. The molecule has 0 bridgehead atoms. The van der Waals surface area contributed by atoms with E-state index in [1.54, 1.807) is 12.1 Å². The van der Waals surface area contributed by atoms with Crippen LogP contribution in [-0.4, -0.2) is 29.4 Å². The van der Waals surface area contributed by atoms with E-state index in [0.717, 1.165) is 0 Å². The summed E-state index contributed by atoms with van der Waals surface area (Å²) in [7, 11) is 0. The van der Waals surface area contributed by atoms with Crippen LogP contribution in [0.4, 0.5) is 0 Å². The molecule has 0 unspecified atom stereocenters. The molecule has 0 saturated heterocycles. The summed E-state index contributed by atoms with van der Waals surface area (Å²) in [5.41, 5.74) is 0.462. The molecule has 1 aromatic heterocycles. The van der Waals surface area contributed by atoms with Crippen molar-refractivity contribution < 1.29 is 9.59 Å². The molecule has 1 heterocycles. The van der Waals surface area contributed by atoms with Gasteiger partial charge in [0.1, 0.15) is 4.60 Å². The van der Waals surface area contributed by atoms with E-state index in [9.17, 15) is 9.59 Å². The van der Waals surface area contributed by atoms with Crippen LogP contribution < -0.4 is 10.6 Å². The molecule has 1 aromatic rings. The number of carbonyl (C=O) groups excluding carboxylic acids is 2. The zero-order chi connectivity index (χ0) is 12.8. The SMILES string of the molecule is CC(C)NC(=O)CNC(=O)c1ccnc(Br)c1. The summed E-state index contributed by atoms with van der Waals surface area (Å²) >= 11 is 3.17. The van der Waals surface area contributed by atoms with Gasteiger partial charge in [-0.15, -0.1) is 0 Å². The molecule has 6 heteroatoms. The van der Waals surface area contributed by atoms with Crippen molar-refractivity contribution >= 4 is 27.7 Å². The van der Waals surface area contributed by atoms with E-state index in [2.05, 4.69) is 31.5 Å². The van der Waals surface area contributed by atoms with Gasteiger partial charge < -0.3 is 10.6 Å². The number of pyridine rings is 1. The number of carbonyl (C=O) groups is 2. The summed E-state index contributed by atoms with van der Waals surface area (Å²) in [6.07, 6.45) is 1.52. The van der Waals surface area contributed by atoms with Crippen molar-refractivity contribution in [2.24, 2.45) is 0 Å². The Bertz CT molecular complexity index is 421. The van der Waals surface area contributed by atoms with Gasteiger partial charge in [-0.3, -0.25) is 9.59 Å². The van der Waals surface area contributed by atoms with Crippen molar-refractivity contribution in [2.45, 2.75) is 19.9 Å². The summed E-state index contributed by atoms with van der Waals surface area (Å²) in [5.74, 6) is -0.506. The fraction of sp³-hybridized carbons (Fsp3) is 0.364. The Labute approximate surface area is 108 Å². The van der Waals surface area contributed by atoms with E-state index in [1.807, 2.05) is 13.8 Å². The fourth-order valence-electron chi connectivity index (χ4n) is 1.18.